The molecule has 0 saturated carbocycles. The number of benzene rings is 1. The molecule has 1 aromatic carbocycles. The SMILES string of the molecule is O=C(Nc1nnns1)c1ccc(I)c(O)c1. The van der Waals surface area contributed by atoms with Crippen LogP contribution in [0.3, 0.4) is 0 Å². The summed E-state index contributed by atoms with van der Waals surface area (Å²) >= 11 is 2.96. The van der Waals surface area contributed by atoms with Crippen LogP contribution in [0.25, 0.3) is 0 Å². The molecule has 0 aliphatic heterocycles. The predicted octanol–water partition coefficient (Wildman–Crippen LogP) is 1.50. The molecule has 1 amide bonds. The first-order chi connectivity index (χ1) is 7.66. The third kappa shape index (κ3) is 2.44. The molecule has 0 bridgehead atoms. The quantitative estimate of drug-likeness (QED) is 0.803. The number of halogens is 1. The number of hydrogen-bond acceptors (Lipinski definition) is 6. The van der Waals surface area contributed by atoms with Crippen molar-refractivity contribution in [1.29, 1.82) is 0 Å². The Labute approximate surface area is 108 Å². The van der Waals surface area contributed by atoms with Gasteiger partial charge in [0.1, 0.15) is 5.75 Å². The van der Waals surface area contributed by atoms with Gasteiger partial charge in [-0.05, 0) is 46.0 Å². The van der Waals surface area contributed by atoms with Gasteiger partial charge in [0.25, 0.3) is 5.91 Å². The van der Waals surface area contributed by atoms with Crippen LogP contribution in [0.15, 0.2) is 18.2 Å². The lowest BCUT2D eigenvalue weighted by atomic mass is 10.2. The molecule has 2 rings (SSSR count). The first-order valence-corrected chi connectivity index (χ1v) is 5.97. The molecular formula is C8H5IN4O2S. The standard InChI is InChI=1S/C8H5IN4O2S/c9-5-2-1-4(3-6(5)14)7(15)10-8-11-12-13-16-8/h1-3,14H,(H,10,11,13,15). The van der Waals surface area contributed by atoms with Crippen molar-refractivity contribution in [3.63, 3.8) is 0 Å². The highest BCUT2D eigenvalue weighted by Crippen LogP contribution is 2.21. The first kappa shape index (κ1) is 11.2. The van der Waals surface area contributed by atoms with Crippen molar-refractivity contribution in [2.75, 3.05) is 5.32 Å². The summed E-state index contributed by atoms with van der Waals surface area (Å²) in [6, 6.07) is 4.67. The van der Waals surface area contributed by atoms with E-state index in [9.17, 15) is 9.90 Å². The highest BCUT2D eigenvalue weighted by molar-refractivity contribution is 14.1. The summed E-state index contributed by atoms with van der Waals surface area (Å²) in [4.78, 5) is 11.7. The predicted molar refractivity (Wildman–Crippen MR) is 66.5 cm³/mol. The van der Waals surface area contributed by atoms with E-state index in [2.05, 4.69) is 20.1 Å². The van der Waals surface area contributed by atoms with Crippen LogP contribution in [0.5, 0.6) is 5.75 Å². The van der Waals surface area contributed by atoms with Crippen molar-refractivity contribution in [2.24, 2.45) is 0 Å². The third-order valence-electron chi connectivity index (χ3n) is 1.73. The van der Waals surface area contributed by atoms with Gasteiger partial charge in [-0.15, -0.1) is 0 Å². The summed E-state index contributed by atoms with van der Waals surface area (Å²) in [5.74, 6) is -0.283. The maximum absolute atomic E-state index is 11.7. The lowest BCUT2D eigenvalue weighted by Crippen LogP contribution is -2.11. The number of carbonyl (C=O) groups is 1. The van der Waals surface area contributed by atoms with Gasteiger partial charge in [-0.25, -0.2) is 0 Å². The van der Waals surface area contributed by atoms with Crippen LogP contribution < -0.4 is 5.32 Å². The Kier molecular flexibility index (Phi) is 3.29. The van der Waals surface area contributed by atoms with E-state index in [1.54, 1.807) is 12.1 Å². The lowest BCUT2D eigenvalue weighted by Gasteiger charge is -2.02. The number of phenols is 1. The van der Waals surface area contributed by atoms with Crippen LogP contribution in [-0.2, 0) is 0 Å². The Morgan fingerprint density at radius 1 is 1.50 bits per heavy atom. The average molecular weight is 348 g/mol. The fraction of sp³-hybridized carbons (Fsp3) is 0. The van der Waals surface area contributed by atoms with E-state index in [4.69, 9.17) is 0 Å². The largest absolute Gasteiger partial charge is 0.507 e. The molecule has 0 radical (unpaired) electrons. The van der Waals surface area contributed by atoms with Crippen molar-refractivity contribution in [2.45, 2.75) is 0 Å². The van der Waals surface area contributed by atoms with E-state index in [0.29, 0.717) is 14.3 Å². The highest BCUT2D eigenvalue weighted by Gasteiger charge is 2.10. The number of hydrogen-bond donors (Lipinski definition) is 2. The summed E-state index contributed by atoms with van der Waals surface area (Å²) in [6.07, 6.45) is 0. The van der Waals surface area contributed by atoms with Crippen LogP contribution >= 0.6 is 34.1 Å². The van der Waals surface area contributed by atoms with E-state index in [1.165, 1.54) is 6.07 Å². The van der Waals surface area contributed by atoms with Crippen molar-refractivity contribution in [3.05, 3.63) is 27.3 Å². The topological polar surface area (TPSA) is 88.0 Å². The van der Waals surface area contributed by atoms with Crippen molar-refractivity contribution < 1.29 is 9.90 Å². The number of aromatic nitrogens is 3. The number of rotatable bonds is 2. The molecule has 2 aromatic rings. The normalized spacial score (nSPS) is 10.1. The molecule has 8 heteroatoms. The van der Waals surface area contributed by atoms with Crippen LogP contribution in [0.1, 0.15) is 10.4 Å². The number of nitrogens with one attached hydrogen (secondary N) is 1. The van der Waals surface area contributed by atoms with Gasteiger partial charge < -0.3 is 5.11 Å². The van der Waals surface area contributed by atoms with Crippen LogP contribution in [0.4, 0.5) is 5.13 Å². The molecule has 0 spiro atoms. The van der Waals surface area contributed by atoms with Crippen molar-refractivity contribution in [1.82, 2.24) is 14.8 Å². The van der Waals surface area contributed by atoms with Crippen molar-refractivity contribution in [3.8, 4) is 5.75 Å². The fourth-order valence-electron chi connectivity index (χ4n) is 1.01. The Hall–Kier alpha value is -1.29. The Morgan fingerprint density at radius 2 is 2.31 bits per heavy atom. The molecule has 0 saturated heterocycles. The van der Waals surface area contributed by atoms with E-state index in [-0.39, 0.29) is 11.7 Å². The van der Waals surface area contributed by atoms with E-state index in [0.717, 1.165) is 11.5 Å². The lowest BCUT2D eigenvalue weighted by molar-refractivity contribution is 0.102. The smallest absolute Gasteiger partial charge is 0.257 e. The fourth-order valence-corrected chi connectivity index (χ4v) is 1.70. The molecule has 0 fully saturated rings. The zero-order valence-electron chi connectivity index (χ0n) is 7.72. The molecule has 2 N–H and O–H groups in total. The minimum Gasteiger partial charge on any atom is -0.507 e. The van der Waals surface area contributed by atoms with Gasteiger partial charge in [-0.1, -0.05) is 9.59 Å². The molecule has 16 heavy (non-hydrogen) atoms. The second-order valence-corrected chi connectivity index (χ2v) is 4.68. The molecule has 6 nitrogen and oxygen atoms in total. The molecule has 0 aliphatic rings. The zero-order chi connectivity index (χ0) is 11.5. The van der Waals surface area contributed by atoms with Gasteiger partial charge in [0.05, 0.1) is 3.57 Å². The molecule has 82 valence electrons. The van der Waals surface area contributed by atoms with Crippen molar-refractivity contribution >= 4 is 45.2 Å². The van der Waals surface area contributed by atoms with Crippen LogP contribution in [0, 0.1) is 3.57 Å². The van der Waals surface area contributed by atoms with E-state index in [1.807, 2.05) is 22.6 Å². The maximum atomic E-state index is 11.7. The molecule has 0 unspecified atom stereocenters. The van der Waals surface area contributed by atoms with Gasteiger partial charge in [-0.3, -0.25) is 10.1 Å². The van der Waals surface area contributed by atoms with E-state index >= 15 is 0 Å². The molecule has 1 aromatic heterocycles. The number of phenolic OH excluding ortho intramolecular Hbond substituents is 1. The summed E-state index contributed by atoms with van der Waals surface area (Å²) < 4.78 is 4.20. The van der Waals surface area contributed by atoms with E-state index < -0.39 is 0 Å². The minimum atomic E-state index is -0.356. The summed E-state index contributed by atoms with van der Waals surface area (Å²) in [7, 11) is 0. The number of anilines is 1. The maximum Gasteiger partial charge on any atom is 0.257 e. The van der Waals surface area contributed by atoms with Crippen LogP contribution in [-0.4, -0.2) is 25.8 Å². The molecule has 0 aliphatic carbocycles. The summed E-state index contributed by atoms with van der Waals surface area (Å²) in [5.41, 5.74) is 0.355. The van der Waals surface area contributed by atoms with Gasteiger partial charge in [-0.2, -0.15) is 0 Å². The average Bonchev–Trinajstić information content (AvgIpc) is 2.74. The molecule has 0 atom stereocenters. The first-order valence-electron chi connectivity index (χ1n) is 4.12. The summed E-state index contributed by atoms with van der Waals surface area (Å²) in [6.45, 7) is 0. The number of aromatic hydroxyl groups is 1. The Morgan fingerprint density at radius 3 is 2.94 bits per heavy atom. The third-order valence-corrected chi connectivity index (χ3v) is 3.15. The Bertz CT molecular complexity index is 517. The minimum absolute atomic E-state index is 0.0728. The van der Waals surface area contributed by atoms with Crippen LogP contribution in [0.2, 0.25) is 0 Å². The van der Waals surface area contributed by atoms with Gasteiger partial charge in [0.15, 0.2) is 0 Å². The number of nitrogens with zero attached hydrogens (tertiary/aromatic N) is 3. The monoisotopic (exact) mass is 348 g/mol. The Balaban J connectivity index is 2.18. The van der Waals surface area contributed by atoms with Gasteiger partial charge >= 0.3 is 0 Å². The summed E-state index contributed by atoms with van der Waals surface area (Å²) in [5, 5.41) is 19.2. The van der Waals surface area contributed by atoms with Gasteiger partial charge in [0.2, 0.25) is 5.13 Å². The van der Waals surface area contributed by atoms with Gasteiger partial charge in [0, 0.05) is 17.1 Å². The second-order valence-electron chi connectivity index (χ2n) is 2.79. The highest BCUT2D eigenvalue weighted by atomic mass is 127. The second kappa shape index (κ2) is 4.70. The molecule has 1 heterocycles. The zero-order valence-corrected chi connectivity index (χ0v) is 10.7. The number of carbonyl (C=O) groups excluding carboxylic acids is 1. The number of amides is 1. The molecular weight excluding hydrogens is 343 g/mol.